The van der Waals surface area contributed by atoms with Gasteiger partial charge in [0.05, 0.1) is 11.1 Å². The van der Waals surface area contributed by atoms with E-state index in [0.717, 1.165) is 27.1 Å². The van der Waals surface area contributed by atoms with Gasteiger partial charge in [-0.25, -0.2) is 4.83 Å². The average Bonchev–Trinajstić information content (AvgIpc) is 2.68. The Hall–Kier alpha value is -3.18. The summed E-state index contributed by atoms with van der Waals surface area (Å²) in [5, 5.41) is 8.24. The third-order valence-corrected chi connectivity index (χ3v) is 5.47. The van der Waals surface area contributed by atoms with Crippen molar-refractivity contribution in [2.24, 2.45) is 5.10 Å². The molecular formula is C21H16N2O2S. The largest absolute Gasteiger partial charge is 0.276 e. The van der Waals surface area contributed by atoms with Crippen LogP contribution in [0, 0.1) is 0 Å². The van der Waals surface area contributed by atoms with Crippen molar-refractivity contribution >= 4 is 37.8 Å². The summed E-state index contributed by atoms with van der Waals surface area (Å²) < 4.78 is 24.6. The predicted octanol–water partition coefficient (Wildman–Crippen LogP) is 4.31. The van der Waals surface area contributed by atoms with Gasteiger partial charge in [-0.1, -0.05) is 66.7 Å². The van der Waals surface area contributed by atoms with Gasteiger partial charge >= 0.3 is 0 Å². The predicted molar refractivity (Wildman–Crippen MR) is 106 cm³/mol. The van der Waals surface area contributed by atoms with Gasteiger partial charge < -0.3 is 0 Å². The van der Waals surface area contributed by atoms with Gasteiger partial charge in [-0.15, -0.1) is 0 Å². The molecule has 0 radical (unpaired) electrons. The lowest BCUT2D eigenvalue weighted by atomic mass is 9.97. The van der Waals surface area contributed by atoms with Crippen LogP contribution in [0.25, 0.3) is 21.5 Å². The molecule has 0 aliphatic heterocycles. The first-order chi connectivity index (χ1) is 12.6. The Bertz CT molecular complexity index is 1160. The molecule has 0 fully saturated rings. The number of benzene rings is 4. The third kappa shape index (κ3) is 3.05. The van der Waals surface area contributed by atoms with Crippen molar-refractivity contribution < 1.29 is 8.42 Å². The zero-order chi connectivity index (χ0) is 18.0. The molecule has 0 aliphatic rings. The van der Waals surface area contributed by atoms with Gasteiger partial charge in [0.1, 0.15) is 0 Å². The van der Waals surface area contributed by atoms with Gasteiger partial charge in [0, 0.05) is 5.56 Å². The van der Waals surface area contributed by atoms with Crippen LogP contribution in [0.15, 0.2) is 94.9 Å². The van der Waals surface area contributed by atoms with E-state index in [1.807, 2.05) is 48.5 Å². The molecule has 4 aromatic carbocycles. The van der Waals surface area contributed by atoms with Crippen LogP contribution < -0.4 is 4.83 Å². The molecule has 0 saturated heterocycles. The van der Waals surface area contributed by atoms with Gasteiger partial charge in [-0.05, 0) is 39.7 Å². The molecular weight excluding hydrogens is 344 g/mol. The van der Waals surface area contributed by atoms with Gasteiger partial charge in [-0.2, -0.15) is 13.5 Å². The fourth-order valence-corrected chi connectivity index (χ4v) is 3.81. The maximum Gasteiger partial charge on any atom is 0.276 e. The highest BCUT2D eigenvalue weighted by Gasteiger charge is 2.11. The number of hydrogen-bond acceptors (Lipinski definition) is 3. The minimum absolute atomic E-state index is 0.180. The van der Waals surface area contributed by atoms with Crippen molar-refractivity contribution in [3.05, 3.63) is 90.5 Å². The SMILES string of the molecule is O=S(=O)(NN=Cc1c2ccccc2cc2ccccc12)c1ccccc1. The van der Waals surface area contributed by atoms with E-state index >= 15 is 0 Å². The number of nitrogens with one attached hydrogen (secondary N) is 1. The molecule has 4 nitrogen and oxygen atoms in total. The summed E-state index contributed by atoms with van der Waals surface area (Å²) in [7, 11) is -3.68. The highest BCUT2D eigenvalue weighted by molar-refractivity contribution is 7.89. The molecule has 0 amide bonds. The van der Waals surface area contributed by atoms with Crippen molar-refractivity contribution in [3.63, 3.8) is 0 Å². The van der Waals surface area contributed by atoms with Crippen LogP contribution in [-0.2, 0) is 10.0 Å². The van der Waals surface area contributed by atoms with E-state index in [1.54, 1.807) is 24.4 Å². The summed E-state index contributed by atoms with van der Waals surface area (Å²) in [4.78, 5) is 2.48. The Kier molecular flexibility index (Phi) is 4.14. The second kappa shape index (κ2) is 6.61. The van der Waals surface area contributed by atoms with Crippen LogP contribution in [0.5, 0.6) is 0 Å². The quantitative estimate of drug-likeness (QED) is 0.335. The number of hydrogen-bond donors (Lipinski definition) is 1. The number of hydrazone groups is 1. The van der Waals surface area contributed by atoms with E-state index in [1.165, 1.54) is 12.1 Å². The van der Waals surface area contributed by atoms with Gasteiger partial charge in [-0.3, -0.25) is 0 Å². The van der Waals surface area contributed by atoms with Crippen molar-refractivity contribution in [3.8, 4) is 0 Å². The molecule has 0 atom stereocenters. The lowest BCUT2D eigenvalue weighted by Crippen LogP contribution is -2.18. The Morgan fingerprint density at radius 1 is 0.731 bits per heavy atom. The Balaban J connectivity index is 1.77. The number of sulfonamides is 1. The van der Waals surface area contributed by atoms with Crippen molar-refractivity contribution in [1.82, 2.24) is 4.83 Å². The zero-order valence-electron chi connectivity index (χ0n) is 13.8. The van der Waals surface area contributed by atoms with E-state index in [0.29, 0.717) is 0 Å². The Morgan fingerprint density at radius 2 is 1.27 bits per heavy atom. The van der Waals surface area contributed by atoms with Crippen LogP contribution in [0.2, 0.25) is 0 Å². The molecule has 4 rings (SSSR count). The first kappa shape index (κ1) is 16.3. The topological polar surface area (TPSA) is 58.5 Å². The summed E-state index contributed by atoms with van der Waals surface area (Å²) in [5.74, 6) is 0. The highest BCUT2D eigenvalue weighted by Crippen LogP contribution is 2.27. The normalized spacial score (nSPS) is 12.0. The first-order valence-electron chi connectivity index (χ1n) is 8.15. The van der Waals surface area contributed by atoms with Crippen LogP contribution in [-0.4, -0.2) is 14.6 Å². The molecule has 26 heavy (non-hydrogen) atoms. The molecule has 0 bridgehead atoms. The minimum atomic E-state index is -3.68. The van der Waals surface area contributed by atoms with Crippen molar-refractivity contribution in [2.75, 3.05) is 0 Å². The molecule has 5 heteroatoms. The van der Waals surface area contributed by atoms with Gasteiger partial charge in [0.2, 0.25) is 0 Å². The fourth-order valence-electron chi connectivity index (χ4n) is 3.00. The number of nitrogens with zero attached hydrogens (tertiary/aromatic N) is 1. The lowest BCUT2D eigenvalue weighted by Gasteiger charge is -2.08. The average molecular weight is 360 g/mol. The molecule has 0 aromatic heterocycles. The fraction of sp³-hybridized carbons (Fsp3) is 0. The van der Waals surface area contributed by atoms with E-state index in [4.69, 9.17) is 0 Å². The van der Waals surface area contributed by atoms with E-state index in [2.05, 4.69) is 16.0 Å². The standard InChI is InChI=1S/C21H16N2O2S/c24-26(25,18-10-2-1-3-11-18)23-22-15-21-19-12-6-4-8-16(19)14-17-9-5-7-13-20(17)21/h1-15,23H. The molecule has 0 saturated carbocycles. The summed E-state index contributed by atoms with van der Waals surface area (Å²) in [6, 6.07) is 26.3. The number of rotatable bonds is 4. The smallest absolute Gasteiger partial charge is 0.200 e. The minimum Gasteiger partial charge on any atom is -0.200 e. The molecule has 128 valence electrons. The zero-order valence-corrected chi connectivity index (χ0v) is 14.6. The summed E-state index contributed by atoms with van der Waals surface area (Å²) in [6.45, 7) is 0. The molecule has 0 spiro atoms. The lowest BCUT2D eigenvalue weighted by molar-refractivity contribution is 0.584. The monoisotopic (exact) mass is 360 g/mol. The van der Waals surface area contributed by atoms with E-state index in [-0.39, 0.29) is 4.90 Å². The first-order valence-corrected chi connectivity index (χ1v) is 9.64. The molecule has 4 aromatic rings. The Morgan fingerprint density at radius 3 is 1.88 bits per heavy atom. The third-order valence-electron chi connectivity index (χ3n) is 4.23. The van der Waals surface area contributed by atoms with Crippen LogP contribution in [0.4, 0.5) is 0 Å². The second-order valence-corrected chi connectivity index (χ2v) is 7.56. The van der Waals surface area contributed by atoms with Crippen molar-refractivity contribution in [1.29, 1.82) is 0 Å². The van der Waals surface area contributed by atoms with Gasteiger partial charge in [0.25, 0.3) is 10.0 Å². The van der Waals surface area contributed by atoms with E-state index < -0.39 is 10.0 Å². The van der Waals surface area contributed by atoms with Gasteiger partial charge in [0.15, 0.2) is 0 Å². The summed E-state index contributed by atoms with van der Waals surface area (Å²) in [5.41, 5.74) is 0.884. The molecule has 0 heterocycles. The van der Waals surface area contributed by atoms with Crippen molar-refractivity contribution in [2.45, 2.75) is 4.90 Å². The Labute approximate surface area is 151 Å². The van der Waals surface area contributed by atoms with Crippen LogP contribution in [0.1, 0.15) is 5.56 Å². The van der Waals surface area contributed by atoms with Crippen LogP contribution in [0.3, 0.4) is 0 Å². The van der Waals surface area contributed by atoms with Crippen LogP contribution >= 0.6 is 0 Å². The second-order valence-electron chi connectivity index (χ2n) is 5.90. The maximum absolute atomic E-state index is 12.3. The maximum atomic E-state index is 12.3. The molecule has 0 aliphatic carbocycles. The molecule has 0 unspecified atom stereocenters. The molecule has 1 N–H and O–H groups in total. The summed E-state index contributed by atoms with van der Waals surface area (Å²) in [6.07, 6.45) is 1.57. The summed E-state index contributed by atoms with van der Waals surface area (Å²) >= 11 is 0. The highest BCUT2D eigenvalue weighted by atomic mass is 32.2. The number of fused-ring (bicyclic) bond motifs is 2. The van der Waals surface area contributed by atoms with E-state index in [9.17, 15) is 8.42 Å².